The molecule has 2 nitrogen and oxygen atoms in total. The number of rotatable bonds is 4. The van der Waals surface area contributed by atoms with E-state index in [1.54, 1.807) is 0 Å². The van der Waals surface area contributed by atoms with Crippen LogP contribution in [0.4, 0.5) is 13.2 Å². The minimum atomic E-state index is -4.46. The second kappa shape index (κ2) is 4.84. The summed E-state index contributed by atoms with van der Waals surface area (Å²) < 4.78 is 48.1. The van der Waals surface area contributed by atoms with Gasteiger partial charge in [0.1, 0.15) is 6.10 Å². The van der Waals surface area contributed by atoms with Crippen LogP contribution in [0.5, 0.6) is 0 Å². The molecule has 2 atom stereocenters. The Morgan fingerprint density at radius 3 is 2.71 bits per heavy atom. The Bertz CT molecular complexity index is 391. The minimum Gasteiger partial charge on any atom is -0.371 e. The summed E-state index contributed by atoms with van der Waals surface area (Å²) in [5.41, 5.74) is 0.00523. The van der Waals surface area contributed by atoms with Gasteiger partial charge in [0.05, 0.1) is 13.2 Å². The number of hydrogen-bond donors (Lipinski definition) is 0. The summed E-state index contributed by atoms with van der Waals surface area (Å²) in [5.74, 6) is 0. The summed E-state index contributed by atoms with van der Waals surface area (Å²) in [6, 6.07) is 5.58. The van der Waals surface area contributed by atoms with Crippen molar-refractivity contribution in [2.45, 2.75) is 18.4 Å². The third-order valence-corrected chi connectivity index (χ3v) is 2.53. The molecule has 0 amide bonds. The average molecular weight is 267 g/mol. The summed E-state index contributed by atoms with van der Waals surface area (Å²) >= 11 is 5.67. The van der Waals surface area contributed by atoms with Crippen LogP contribution in [0.2, 0.25) is 5.02 Å². The summed E-state index contributed by atoms with van der Waals surface area (Å²) in [5, 5.41) is 0.253. The van der Waals surface area contributed by atoms with Gasteiger partial charge in [0.25, 0.3) is 0 Å². The van der Waals surface area contributed by atoms with Crippen LogP contribution in [0.1, 0.15) is 11.7 Å². The van der Waals surface area contributed by atoms with Crippen LogP contribution in [0.3, 0.4) is 0 Å². The first-order chi connectivity index (χ1) is 7.97. The maximum absolute atomic E-state index is 12.8. The highest BCUT2D eigenvalue weighted by molar-refractivity contribution is 6.30. The van der Waals surface area contributed by atoms with Crippen molar-refractivity contribution < 1.29 is 22.6 Å². The van der Waals surface area contributed by atoms with Gasteiger partial charge in [0.2, 0.25) is 0 Å². The Labute approximate surface area is 101 Å². The average Bonchev–Trinajstić information content (AvgIpc) is 3.00. The van der Waals surface area contributed by atoms with Gasteiger partial charge in [-0.2, -0.15) is 13.2 Å². The molecule has 0 unspecified atom stereocenters. The monoisotopic (exact) mass is 266 g/mol. The number of epoxide rings is 1. The summed E-state index contributed by atoms with van der Waals surface area (Å²) in [6.07, 6.45) is -6.62. The predicted octanol–water partition coefficient (Wildman–Crippen LogP) is 3.36. The van der Waals surface area contributed by atoms with Crippen LogP contribution in [-0.4, -0.2) is 25.5 Å². The van der Waals surface area contributed by atoms with Crippen molar-refractivity contribution >= 4 is 11.6 Å². The van der Waals surface area contributed by atoms with Crippen molar-refractivity contribution in [1.82, 2.24) is 0 Å². The van der Waals surface area contributed by atoms with Crippen molar-refractivity contribution in [3.8, 4) is 0 Å². The Hall–Kier alpha value is -0.780. The molecular formula is C11H10ClF3O2. The van der Waals surface area contributed by atoms with Crippen molar-refractivity contribution in [2.75, 3.05) is 13.2 Å². The molecule has 0 radical (unpaired) electrons. The fourth-order valence-corrected chi connectivity index (χ4v) is 1.62. The predicted molar refractivity (Wildman–Crippen MR) is 55.9 cm³/mol. The quantitative estimate of drug-likeness (QED) is 0.780. The molecule has 1 aromatic rings. The normalized spacial score (nSPS) is 21.3. The van der Waals surface area contributed by atoms with Gasteiger partial charge in [0, 0.05) is 5.02 Å². The van der Waals surface area contributed by atoms with Gasteiger partial charge in [-0.3, -0.25) is 0 Å². The Morgan fingerprint density at radius 1 is 1.47 bits per heavy atom. The number of benzene rings is 1. The van der Waals surface area contributed by atoms with Crippen LogP contribution in [0.15, 0.2) is 24.3 Å². The zero-order valence-corrected chi connectivity index (χ0v) is 9.46. The zero-order valence-electron chi connectivity index (χ0n) is 8.71. The molecular weight excluding hydrogens is 257 g/mol. The lowest BCUT2D eigenvalue weighted by atomic mass is 10.1. The first-order valence-electron chi connectivity index (χ1n) is 5.02. The smallest absolute Gasteiger partial charge is 0.371 e. The first-order valence-corrected chi connectivity index (χ1v) is 5.40. The Morgan fingerprint density at radius 2 is 2.18 bits per heavy atom. The second-order valence-electron chi connectivity index (χ2n) is 3.77. The molecule has 1 aliphatic heterocycles. The Kier molecular flexibility index (Phi) is 3.61. The van der Waals surface area contributed by atoms with Gasteiger partial charge in [0.15, 0.2) is 6.10 Å². The fraction of sp³-hybridized carbons (Fsp3) is 0.455. The van der Waals surface area contributed by atoms with Gasteiger partial charge in [-0.15, -0.1) is 0 Å². The molecule has 0 aromatic heterocycles. The molecule has 0 aliphatic carbocycles. The largest absolute Gasteiger partial charge is 0.418 e. The van der Waals surface area contributed by atoms with E-state index in [9.17, 15) is 13.2 Å². The van der Waals surface area contributed by atoms with E-state index in [2.05, 4.69) is 0 Å². The summed E-state index contributed by atoms with van der Waals surface area (Å²) in [4.78, 5) is 0. The standard InChI is InChI=1S/C11H10ClF3O2/c12-8-3-1-2-7(4-8)10(11(13,14)15)17-6-9-5-16-9/h1-4,9-10H,5-6H2/t9-,10+/m1/s1. The van der Waals surface area contributed by atoms with Gasteiger partial charge < -0.3 is 9.47 Å². The Balaban J connectivity index is 2.13. The number of hydrogen-bond acceptors (Lipinski definition) is 2. The molecule has 0 saturated carbocycles. The fourth-order valence-electron chi connectivity index (χ4n) is 1.42. The molecule has 0 spiro atoms. The number of alkyl halides is 3. The molecule has 1 fully saturated rings. The molecule has 1 heterocycles. The first kappa shape index (κ1) is 12.7. The molecule has 94 valence electrons. The molecule has 1 aromatic carbocycles. The van der Waals surface area contributed by atoms with E-state index in [4.69, 9.17) is 21.1 Å². The molecule has 1 saturated heterocycles. The minimum absolute atomic E-state index is 0.00523. The molecule has 0 bridgehead atoms. The lowest BCUT2D eigenvalue weighted by Gasteiger charge is -2.21. The maximum atomic E-state index is 12.8. The molecule has 2 rings (SSSR count). The highest BCUT2D eigenvalue weighted by Crippen LogP contribution is 2.37. The third kappa shape index (κ3) is 3.59. The van der Waals surface area contributed by atoms with E-state index >= 15 is 0 Å². The third-order valence-electron chi connectivity index (χ3n) is 2.30. The molecule has 17 heavy (non-hydrogen) atoms. The molecule has 0 N–H and O–H groups in total. The van der Waals surface area contributed by atoms with Crippen molar-refractivity contribution in [3.63, 3.8) is 0 Å². The summed E-state index contributed by atoms with van der Waals surface area (Å²) in [6.45, 7) is 0.400. The van der Waals surface area contributed by atoms with Gasteiger partial charge >= 0.3 is 6.18 Å². The molecule has 1 aliphatic rings. The lowest BCUT2D eigenvalue weighted by molar-refractivity contribution is -0.224. The van der Waals surface area contributed by atoms with Crippen LogP contribution >= 0.6 is 11.6 Å². The maximum Gasteiger partial charge on any atom is 0.418 e. The van der Waals surface area contributed by atoms with Gasteiger partial charge in [-0.05, 0) is 17.7 Å². The highest BCUT2D eigenvalue weighted by Gasteiger charge is 2.43. The van der Waals surface area contributed by atoms with Crippen LogP contribution in [0.25, 0.3) is 0 Å². The van der Waals surface area contributed by atoms with Crippen molar-refractivity contribution in [2.24, 2.45) is 0 Å². The van der Waals surface area contributed by atoms with E-state index in [1.807, 2.05) is 0 Å². The lowest BCUT2D eigenvalue weighted by Crippen LogP contribution is -2.25. The summed E-state index contributed by atoms with van der Waals surface area (Å²) in [7, 11) is 0. The topological polar surface area (TPSA) is 21.8 Å². The van der Waals surface area contributed by atoms with Crippen molar-refractivity contribution in [3.05, 3.63) is 34.9 Å². The van der Waals surface area contributed by atoms with Crippen molar-refractivity contribution in [1.29, 1.82) is 0 Å². The van der Waals surface area contributed by atoms with E-state index in [-0.39, 0.29) is 23.3 Å². The van der Waals surface area contributed by atoms with Gasteiger partial charge in [-0.25, -0.2) is 0 Å². The zero-order chi connectivity index (χ0) is 12.5. The van der Waals surface area contributed by atoms with Crippen LogP contribution < -0.4 is 0 Å². The number of ether oxygens (including phenoxy) is 2. The van der Waals surface area contributed by atoms with Crippen LogP contribution in [0, 0.1) is 0 Å². The second-order valence-corrected chi connectivity index (χ2v) is 4.20. The van der Waals surface area contributed by atoms with Crippen LogP contribution in [-0.2, 0) is 9.47 Å². The van der Waals surface area contributed by atoms with E-state index in [1.165, 1.54) is 24.3 Å². The van der Waals surface area contributed by atoms with E-state index < -0.39 is 12.3 Å². The number of halogens is 4. The SMILES string of the molecule is FC(F)(F)[C@@H](OC[C@H]1CO1)c1cccc(Cl)c1. The van der Waals surface area contributed by atoms with E-state index in [0.29, 0.717) is 6.61 Å². The molecule has 6 heteroatoms. The highest BCUT2D eigenvalue weighted by atomic mass is 35.5. The van der Waals surface area contributed by atoms with Gasteiger partial charge in [-0.1, -0.05) is 23.7 Å². The van der Waals surface area contributed by atoms with E-state index in [0.717, 1.165) is 0 Å².